The first-order valence-corrected chi connectivity index (χ1v) is 7.04. The summed E-state index contributed by atoms with van der Waals surface area (Å²) in [7, 11) is 1.85. The fourth-order valence-corrected chi connectivity index (χ4v) is 2.71. The Balaban J connectivity index is 2.00. The Morgan fingerprint density at radius 2 is 1.86 bits per heavy atom. The van der Waals surface area contributed by atoms with Gasteiger partial charge in [-0.3, -0.25) is 0 Å². The van der Waals surface area contributed by atoms with Crippen LogP contribution in [0.1, 0.15) is 17.4 Å². The van der Waals surface area contributed by atoms with Gasteiger partial charge >= 0.3 is 0 Å². The van der Waals surface area contributed by atoms with E-state index in [2.05, 4.69) is 14.9 Å². The van der Waals surface area contributed by atoms with Crippen LogP contribution < -0.4 is 5.32 Å². The van der Waals surface area contributed by atoms with Crippen molar-refractivity contribution in [1.29, 1.82) is 0 Å². The van der Waals surface area contributed by atoms with E-state index in [1.54, 1.807) is 6.07 Å². The summed E-state index contributed by atoms with van der Waals surface area (Å²) in [5, 5.41) is 3.20. The van der Waals surface area contributed by atoms with Gasteiger partial charge in [-0.2, -0.15) is 0 Å². The molecule has 0 amide bonds. The predicted molar refractivity (Wildman–Crippen MR) is 82.7 cm³/mol. The van der Waals surface area contributed by atoms with E-state index in [9.17, 15) is 4.39 Å². The maximum absolute atomic E-state index is 14.0. The maximum atomic E-state index is 14.0. The van der Waals surface area contributed by atoms with Crippen molar-refractivity contribution in [3.8, 4) is 0 Å². The number of rotatable bonds is 4. The minimum absolute atomic E-state index is 0.0949. The summed E-state index contributed by atoms with van der Waals surface area (Å²) < 4.78 is 16.1. The van der Waals surface area contributed by atoms with Crippen molar-refractivity contribution >= 4 is 11.0 Å². The molecular weight excluding hydrogens is 265 g/mol. The van der Waals surface area contributed by atoms with Crippen molar-refractivity contribution in [3.05, 3.63) is 65.7 Å². The van der Waals surface area contributed by atoms with E-state index >= 15 is 0 Å². The molecule has 0 saturated carbocycles. The lowest BCUT2D eigenvalue weighted by Crippen LogP contribution is -2.23. The molecule has 21 heavy (non-hydrogen) atoms. The summed E-state index contributed by atoms with van der Waals surface area (Å²) in [4.78, 5) is 4.56. The Morgan fingerprint density at radius 1 is 1.14 bits per heavy atom. The molecule has 108 valence electrons. The second kappa shape index (κ2) is 5.66. The monoisotopic (exact) mass is 283 g/mol. The molecular formula is C17H18FN3. The average Bonchev–Trinajstić information content (AvgIpc) is 2.81. The molecule has 0 radical (unpaired) electrons. The fourth-order valence-electron chi connectivity index (χ4n) is 2.71. The van der Waals surface area contributed by atoms with E-state index in [-0.39, 0.29) is 11.9 Å². The summed E-state index contributed by atoms with van der Waals surface area (Å²) in [5.41, 5.74) is 2.72. The largest absolute Gasteiger partial charge is 0.326 e. The third-order valence-electron chi connectivity index (χ3n) is 3.84. The lowest BCUT2D eigenvalue weighted by Gasteiger charge is -2.19. The number of aromatic nitrogens is 2. The number of hydrogen-bond acceptors (Lipinski definition) is 2. The molecule has 3 aromatic rings. The second-order valence-corrected chi connectivity index (χ2v) is 5.12. The number of likely N-dealkylation sites (N-methyl/N-ethyl adjacent to an activating group) is 1. The van der Waals surface area contributed by atoms with Gasteiger partial charge in [0, 0.05) is 12.1 Å². The summed E-state index contributed by atoms with van der Waals surface area (Å²) in [5.74, 6) is 0.756. The molecule has 1 N–H and O–H groups in total. The van der Waals surface area contributed by atoms with Gasteiger partial charge in [0.1, 0.15) is 11.6 Å². The van der Waals surface area contributed by atoms with E-state index in [0.29, 0.717) is 12.1 Å². The molecule has 0 saturated heterocycles. The zero-order valence-corrected chi connectivity index (χ0v) is 12.2. The number of nitrogens with one attached hydrogen (secondary N) is 1. The van der Waals surface area contributed by atoms with Gasteiger partial charge in [-0.25, -0.2) is 9.37 Å². The number of benzene rings is 2. The van der Waals surface area contributed by atoms with Crippen LogP contribution in [-0.4, -0.2) is 16.6 Å². The van der Waals surface area contributed by atoms with Crippen molar-refractivity contribution in [2.75, 3.05) is 7.05 Å². The van der Waals surface area contributed by atoms with Crippen molar-refractivity contribution in [3.63, 3.8) is 0 Å². The van der Waals surface area contributed by atoms with Gasteiger partial charge < -0.3 is 9.88 Å². The van der Waals surface area contributed by atoms with Crippen LogP contribution in [0, 0.1) is 12.7 Å². The second-order valence-electron chi connectivity index (χ2n) is 5.12. The molecule has 3 nitrogen and oxygen atoms in total. The highest BCUT2D eigenvalue weighted by atomic mass is 19.1. The topological polar surface area (TPSA) is 29.9 Å². The van der Waals surface area contributed by atoms with Crippen LogP contribution in [-0.2, 0) is 6.54 Å². The molecule has 0 aliphatic carbocycles. The molecule has 3 rings (SSSR count). The molecule has 1 atom stereocenters. The SMILES string of the molecule is CNC(Cn1c(C)nc2ccccc21)c1ccccc1F. The Kier molecular flexibility index (Phi) is 3.71. The number of hydrogen-bond donors (Lipinski definition) is 1. The highest BCUT2D eigenvalue weighted by molar-refractivity contribution is 5.75. The smallest absolute Gasteiger partial charge is 0.128 e. The van der Waals surface area contributed by atoms with Gasteiger partial charge in [0.2, 0.25) is 0 Å². The quantitative estimate of drug-likeness (QED) is 0.795. The molecule has 2 aromatic carbocycles. The molecule has 4 heteroatoms. The molecule has 0 bridgehead atoms. The standard InChI is InChI=1S/C17H18FN3/c1-12-20-15-9-5-6-10-17(15)21(12)11-16(19-2)13-7-3-4-8-14(13)18/h3-10,16,19H,11H2,1-2H3. The van der Waals surface area contributed by atoms with Crippen molar-refractivity contribution in [2.45, 2.75) is 19.5 Å². The normalized spacial score (nSPS) is 12.7. The molecule has 0 spiro atoms. The van der Waals surface area contributed by atoms with Crippen LogP contribution in [0.5, 0.6) is 0 Å². The number of aryl methyl sites for hydroxylation is 1. The van der Waals surface area contributed by atoms with Crippen LogP contribution in [0.25, 0.3) is 11.0 Å². The number of halogens is 1. The van der Waals surface area contributed by atoms with Gasteiger partial charge in [-0.1, -0.05) is 30.3 Å². The summed E-state index contributed by atoms with van der Waals surface area (Å²) in [6.07, 6.45) is 0. The lowest BCUT2D eigenvalue weighted by atomic mass is 10.1. The maximum Gasteiger partial charge on any atom is 0.128 e. The van der Waals surface area contributed by atoms with Crippen molar-refractivity contribution in [2.24, 2.45) is 0 Å². The first-order valence-electron chi connectivity index (χ1n) is 7.04. The minimum atomic E-state index is -0.182. The Morgan fingerprint density at radius 3 is 2.62 bits per heavy atom. The molecule has 1 heterocycles. The van der Waals surface area contributed by atoms with Crippen molar-refractivity contribution < 1.29 is 4.39 Å². The number of imidazole rings is 1. The van der Waals surface area contributed by atoms with Crippen molar-refractivity contribution in [1.82, 2.24) is 14.9 Å². The summed E-state index contributed by atoms with van der Waals surface area (Å²) >= 11 is 0. The molecule has 0 fully saturated rings. The number of para-hydroxylation sites is 2. The zero-order valence-electron chi connectivity index (χ0n) is 12.2. The average molecular weight is 283 g/mol. The number of nitrogens with zero attached hydrogens (tertiary/aromatic N) is 2. The van der Waals surface area contributed by atoms with E-state index in [0.717, 1.165) is 16.9 Å². The first kappa shape index (κ1) is 13.8. The van der Waals surface area contributed by atoms with Gasteiger partial charge in [0.15, 0.2) is 0 Å². The predicted octanol–water partition coefficient (Wildman–Crippen LogP) is 3.44. The van der Waals surface area contributed by atoms with Gasteiger partial charge in [0.25, 0.3) is 0 Å². The molecule has 1 aromatic heterocycles. The van der Waals surface area contributed by atoms with Crippen LogP contribution in [0.2, 0.25) is 0 Å². The third kappa shape index (κ3) is 2.54. The highest BCUT2D eigenvalue weighted by Gasteiger charge is 2.16. The van der Waals surface area contributed by atoms with E-state index in [1.807, 2.05) is 50.4 Å². The zero-order chi connectivity index (χ0) is 14.8. The third-order valence-corrected chi connectivity index (χ3v) is 3.84. The van der Waals surface area contributed by atoms with Gasteiger partial charge in [0.05, 0.1) is 17.1 Å². The van der Waals surface area contributed by atoms with Crippen LogP contribution in [0.15, 0.2) is 48.5 Å². The van der Waals surface area contributed by atoms with Crippen LogP contribution in [0.3, 0.4) is 0 Å². The summed E-state index contributed by atoms with van der Waals surface area (Å²) in [6.45, 7) is 2.62. The Hall–Kier alpha value is -2.20. The first-order chi connectivity index (χ1) is 10.2. The van der Waals surface area contributed by atoms with Crippen LogP contribution in [0.4, 0.5) is 4.39 Å². The number of fused-ring (bicyclic) bond motifs is 1. The fraction of sp³-hybridized carbons (Fsp3) is 0.235. The Labute approximate surface area is 123 Å². The molecule has 1 unspecified atom stereocenters. The molecule has 0 aliphatic rings. The van der Waals surface area contributed by atoms with Gasteiger partial charge in [-0.05, 0) is 32.2 Å². The lowest BCUT2D eigenvalue weighted by molar-refractivity contribution is 0.475. The minimum Gasteiger partial charge on any atom is -0.326 e. The highest BCUT2D eigenvalue weighted by Crippen LogP contribution is 2.22. The van der Waals surface area contributed by atoms with E-state index in [4.69, 9.17) is 0 Å². The molecule has 0 aliphatic heterocycles. The van der Waals surface area contributed by atoms with Gasteiger partial charge in [-0.15, -0.1) is 0 Å². The van der Waals surface area contributed by atoms with E-state index in [1.165, 1.54) is 6.07 Å². The Bertz CT molecular complexity index is 764. The van der Waals surface area contributed by atoms with Crippen LogP contribution >= 0.6 is 0 Å². The van der Waals surface area contributed by atoms with E-state index < -0.39 is 0 Å². The summed E-state index contributed by atoms with van der Waals surface area (Å²) in [6, 6.07) is 14.8.